The summed E-state index contributed by atoms with van der Waals surface area (Å²) in [5.41, 5.74) is 9.42. The zero-order chi connectivity index (χ0) is 29.6. The van der Waals surface area contributed by atoms with Crippen LogP contribution in [-0.2, 0) is 20.3 Å². The minimum absolute atomic E-state index is 0.0493. The second-order valence-corrected chi connectivity index (χ2v) is 12.7. The number of carbonyl (C=O) groups excluding carboxylic acids is 1. The molecule has 0 aliphatic carbocycles. The molecule has 0 radical (unpaired) electrons. The quantitative estimate of drug-likeness (QED) is 0.323. The van der Waals surface area contributed by atoms with Crippen molar-refractivity contribution < 1.29 is 17.9 Å². The number of ether oxygens (including phenoxy) is 1. The van der Waals surface area contributed by atoms with E-state index in [0.29, 0.717) is 48.5 Å². The number of anilines is 1. The van der Waals surface area contributed by atoms with Gasteiger partial charge in [-0.1, -0.05) is 12.1 Å². The van der Waals surface area contributed by atoms with Crippen LogP contribution in [0.4, 0.5) is 27.5 Å². The Hall–Kier alpha value is -4.14. The van der Waals surface area contributed by atoms with E-state index in [1.165, 1.54) is 0 Å². The Morgan fingerprint density at radius 1 is 1.14 bits per heavy atom. The summed E-state index contributed by atoms with van der Waals surface area (Å²) in [6, 6.07) is 10.3. The normalized spacial score (nSPS) is 24.6. The number of amides is 2. The predicted octanol–water partition coefficient (Wildman–Crippen LogP) is 3.46. The van der Waals surface area contributed by atoms with Crippen molar-refractivity contribution in [3.8, 4) is 0 Å². The lowest BCUT2D eigenvalue weighted by atomic mass is 9.87. The maximum Gasteiger partial charge on any atom is 0.419 e. The molecule has 42 heavy (non-hydrogen) atoms. The van der Waals surface area contributed by atoms with Gasteiger partial charge in [-0.05, 0) is 36.6 Å². The number of morpholine rings is 1. The van der Waals surface area contributed by atoms with Crippen LogP contribution in [0.15, 0.2) is 83.4 Å². The molecule has 3 aliphatic rings. The molecular weight excluding hydrogens is 556 g/mol. The summed E-state index contributed by atoms with van der Waals surface area (Å²) in [6.07, 6.45) is 13.0. The van der Waals surface area contributed by atoms with E-state index in [0.717, 1.165) is 22.6 Å². The number of aliphatic imine (C=N–C) groups is 1. The van der Waals surface area contributed by atoms with Crippen LogP contribution in [0.25, 0.3) is 0 Å². The number of nitrogens with two attached hydrogens (primary N) is 1. The minimum atomic E-state index is -4.10. The SMILES string of the molecule is Cc1cc([N+]2(C(N)=O)CCOCC2)cc(S(=O)(=O)NC2(c3ccc4c(c3)NC=C[N+]4(C)c3cn[nH]c3)C=NC=CC2)c1. The molecule has 3 aliphatic heterocycles. The highest BCUT2D eigenvalue weighted by Gasteiger charge is 2.42. The number of carbonyl (C=O) groups is 1. The standard InChI is InChI=1S/C29H33N8O4S/c1-21-14-23(37(28(30)38)10-12-41-13-11-37)17-25(15-21)42(39,40)35-29(6-3-7-31-20-29)22-4-5-27-26(16-22)32-8-9-36(27,2)24-18-33-34-19-24/h3-5,7-9,14-20,32,35H,6,10-13H2,1-2H3,(H2-,30,33,34,38)/q+1/p+1. The molecule has 0 bridgehead atoms. The van der Waals surface area contributed by atoms with Gasteiger partial charge >= 0.3 is 6.03 Å². The smallest absolute Gasteiger partial charge is 0.370 e. The lowest BCUT2D eigenvalue weighted by Gasteiger charge is -2.37. The van der Waals surface area contributed by atoms with Gasteiger partial charge < -0.3 is 15.8 Å². The number of aryl methyl sites for hydroxylation is 1. The van der Waals surface area contributed by atoms with Crippen LogP contribution in [0.1, 0.15) is 17.5 Å². The number of fused-ring (bicyclic) bond motifs is 1. The number of H-pyrrole nitrogens is 1. The summed E-state index contributed by atoms with van der Waals surface area (Å²) in [4.78, 5) is 17.1. The van der Waals surface area contributed by atoms with E-state index in [1.807, 2.05) is 48.9 Å². The number of benzene rings is 2. The van der Waals surface area contributed by atoms with Crippen molar-refractivity contribution in [2.24, 2.45) is 10.7 Å². The maximum absolute atomic E-state index is 14.1. The first-order valence-corrected chi connectivity index (χ1v) is 15.1. The van der Waals surface area contributed by atoms with Crippen molar-refractivity contribution in [1.29, 1.82) is 0 Å². The molecule has 2 amide bonds. The second-order valence-electron chi connectivity index (χ2n) is 11.0. The van der Waals surface area contributed by atoms with Crippen LogP contribution in [-0.4, -0.2) is 64.2 Å². The van der Waals surface area contributed by atoms with Crippen molar-refractivity contribution >= 4 is 45.0 Å². The third-order valence-corrected chi connectivity index (χ3v) is 9.87. The van der Waals surface area contributed by atoms with Crippen LogP contribution < -0.4 is 24.7 Å². The number of hydrogen-bond donors (Lipinski definition) is 4. The van der Waals surface area contributed by atoms with Gasteiger partial charge in [-0.15, -0.1) is 0 Å². The highest BCUT2D eigenvalue weighted by Crippen LogP contribution is 2.43. The largest absolute Gasteiger partial charge is 0.419 e. The Balaban J connectivity index is 1.40. The molecule has 4 heterocycles. The molecule has 0 saturated carbocycles. The van der Waals surface area contributed by atoms with E-state index in [-0.39, 0.29) is 9.38 Å². The minimum Gasteiger partial charge on any atom is -0.370 e. The number of hydrogen-bond acceptors (Lipinski definition) is 7. The van der Waals surface area contributed by atoms with E-state index in [9.17, 15) is 13.2 Å². The van der Waals surface area contributed by atoms with Gasteiger partial charge in [-0.25, -0.2) is 22.2 Å². The molecule has 0 spiro atoms. The summed E-state index contributed by atoms with van der Waals surface area (Å²) in [5.74, 6) is 0. The van der Waals surface area contributed by atoms with E-state index >= 15 is 0 Å². The number of quaternary nitrogens is 2. The average molecular weight is 591 g/mol. The molecular formula is C29H34N8O4S+2. The molecule has 2 aromatic carbocycles. The van der Waals surface area contributed by atoms with Crippen molar-refractivity contribution in [1.82, 2.24) is 23.9 Å². The van der Waals surface area contributed by atoms with Gasteiger partial charge in [0.2, 0.25) is 10.0 Å². The summed E-state index contributed by atoms with van der Waals surface area (Å²) < 4.78 is 36.8. The molecule has 13 heteroatoms. The molecule has 6 rings (SSSR count). The Kier molecular flexibility index (Phi) is 6.86. The Morgan fingerprint density at radius 3 is 2.64 bits per heavy atom. The molecule has 3 aromatic rings. The zero-order valence-electron chi connectivity index (χ0n) is 23.4. The van der Waals surface area contributed by atoms with Crippen LogP contribution in [0.5, 0.6) is 0 Å². The van der Waals surface area contributed by atoms with Crippen LogP contribution in [0, 0.1) is 6.92 Å². The summed E-state index contributed by atoms with van der Waals surface area (Å²) >= 11 is 0. The number of aromatic nitrogens is 2. The highest BCUT2D eigenvalue weighted by molar-refractivity contribution is 7.89. The lowest BCUT2D eigenvalue weighted by molar-refractivity contribution is 0.0573. The first-order chi connectivity index (χ1) is 20.1. The third kappa shape index (κ3) is 4.64. The van der Waals surface area contributed by atoms with Gasteiger partial charge in [-0.2, -0.15) is 9.82 Å². The van der Waals surface area contributed by atoms with Crippen molar-refractivity contribution in [2.45, 2.75) is 23.8 Å². The molecule has 2 atom stereocenters. The first kappa shape index (κ1) is 28.0. The van der Waals surface area contributed by atoms with Crippen molar-refractivity contribution in [3.05, 3.63) is 84.6 Å². The van der Waals surface area contributed by atoms with E-state index in [2.05, 4.69) is 32.3 Å². The molecule has 12 nitrogen and oxygen atoms in total. The monoisotopic (exact) mass is 590 g/mol. The predicted molar refractivity (Wildman–Crippen MR) is 163 cm³/mol. The Morgan fingerprint density at radius 2 is 1.95 bits per heavy atom. The third-order valence-electron chi connectivity index (χ3n) is 8.38. The Bertz CT molecular complexity index is 1730. The molecule has 1 aromatic heterocycles. The van der Waals surface area contributed by atoms with E-state index < -0.39 is 21.6 Å². The van der Waals surface area contributed by atoms with E-state index in [4.69, 9.17) is 10.5 Å². The second kappa shape index (κ2) is 10.3. The average Bonchev–Trinajstić information content (AvgIpc) is 3.54. The van der Waals surface area contributed by atoms with Gasteiger partial charge in [0.15, 0.2) is 11.4 Å². The van der Waals surface area contributed by atoms with E-state index in [1.54, 1.807) is 37.7 Å². The van der Waals surface area contributed by atoms with Crippen LogP contribution >= 0.6 is 0 Å². The van der Waals surface area contributed by atoms with Gasteiger partial charge in [0, 0.05) is 30.6 Å². The fourth-order valence-corrected chi connectivity index (χ4v) is 7.41. The van der Waals surface area contributed by atoms with Gasteiger partial charge in [0.25, 0.3) is 0 Å². The molecule has 2 unspecified atom stereocenters. The first-order valence-electron chi connectivity index (χ1n) is 13.6. The number of aromatic amines is 1. The number of rotatable bonds is 6. The fraction of sp³-hybridized carbons (Fsp3) is 0.276. The van der Waals surface area contributed by atoms with Crippen LogP contribution in [0.3, 0.4) is 0 Å². The molecule has 1 saturated heterocycles. The molecule has 5 N–H and O–H groups in total. The van der Waals surface area contributed by atoms with Crippen LogP contribution in [0.2, 0.25) is 0 Å². The number of primary amides is 1. The number of urea groups is 1. The summed E-state index contributed by atoms with van der Waals surface area (Å²) in [5, 5.41) is 10.3. The maximum atomic E-state index is 14.1. The van der Waals surface area contributed by atoms with Gasteiger partial charge in [-0.3, -0.25) is 10.1 Å². The number of nitrogens with zero attached hydrogens (tertiary/aromatic N) is 4. The van der Waals surface area contributed by atoms with Gasteiger partial charge in [0.1, 0.15) is 36.9 Å². The highest BCUT2D eigenvalue weighted by atomic mass is 32.2. The fourth-order valence-electron chi connectivity index (χ4n) is 5.95. The summed E-state index contributed by atoms with van der Waals surface area (Å²) in [7, 11) is -2.05. The Labute approximate surface area is 244 Å². The van der Waals surface area contributed by atoms with Crippen molar-refractivity contribution in [2.75, 3.05) is 38.7 Å². The van der Waals surface area contributed by atoms with Gasteiger partial charge in [0.05, 0.1) is 43.1 Å². The molecule has 218 valence electrons. The number of sulfonamides is 1. The summed E-state index contributed by atoms with van der Waals surface area (Å²) in [6.45, 7) is 3.17. The lowest BCUT2D eigenvalue weighted by Crippen LogP contribution is -2.62. The topological polar surface area (TPSA) is 152 Å². The van der Waals surface area contributed by atoms with Crippen molar-refractivity contribution in [3.63, 3.8) is 0 Å². The zero-order valence-corrected chi connectivity index (χ0v) is 24.3. The number of nitrogens with one attached hydrogen (secondary N) is 3. The molecule has 1 fully saturated rings.